The van der Waals surface area contributed by atoms with E-state index in [4.69, 9.17) is 0 Å². The number of halogens is 1. The van der Waals surface area contributed by atoms with Crippen LogP contribution in [0.5, 0.6) is 0 Å². The van der Waals surface area contributed by atoms with Crippen LogP contribution < -0.4 is 5.32 Å². The molecule has 24 heavy (non-hydrogen) atoms. The molecule has 0 saturated carbocycles. The second-order valence-electron chi connectivity index (χ2n) is 5.34. The van der Waals surface area contributed by atoms with E-state index < -0.39 is 0 Å². The van der Waals surface area contributed by atoms with Gasteiger partial charge in [-0.1, -0.05) is 12.1 Å². The summed E-state index contributed by atoms with van der Waals surface area (Å²) in [7, 11) is 0. The standard InChI is InChI=1S/C18H16FN3OS/c1-12-16(9-13-4-6-15(19)7-5-13)24-17(22-12)11-21-18(23)14-3-2-8-20-10-14/h2-8,10H,9,11H2,1H3,(H,21,23). The molecule has 3 rings (SSSR count). The van der Waals surface area contributed by atoms with Crippen molar-refractivity contribution in [2.24, 2.45) is 0 Å². The SMILES string of the molecule is Cc1nc(CNC(=O)c2cccnc2)sc1Cc1ccc(F)cc1. The Morgan fingerprint density at radius 3 is 2.75 bits per heavy atom. The van der Waals surface area contributed by atoms with E-state index in [0.717, 1.165) is 21.1 Å². The molecule has 3 aromatic rings. The molecule has 4 nitrogen and oxygen atoms in total. The summed E-state index contributed by atoms with van der Waals surface area (Å²) < 4.78 is 13.0. The molecule has 0 saturated heterocycles. The van der Waals surface area contributed by atoms with Crippen molar-refractivity contribution in [1.29, 1.82) is 0 Å². The van der Waals surface area contributed by atoms with Crippen LogP contribution in [-0.4, -0.2) is 15.9 Å². The van der Waals surface area contributed by atoms with Gasteiger partial charge in [0, 0.05) is 23.7 Å². The first-order valence-corrected chi connectivity index (χ1v) is 8.31. The highest BCUT2D eigenvalue weighted by molar-refractivity contribution is 7.11. The van der Waals surface area contributed by atoms with Crippen molar-refractivity contribution in [2.45, 2.75) is 19.9 Å². The van der Waals surface area contributed by atoms with Crippen molar-refractivity contribution < 1.29 is 9.18 Å². The predicted molar refractivity (Wildman–Crippen MR) is 91.5 cm³/mol. The minimum atomic E-state index is -0.237. The molecule has 1 amide bonds. The number of hydrogen-bond donors (Lipinski definition) is 1. The molecular weight excluding hydrogens is 325 g/mol. The fourth-order valence-corrected chi connectivity index (χ4v) is 3.31. The van der Waals surface area contributed by atoms with Crippen molar-refractivity contribution in [3.05, 3.63) is 81.3 Å². The number of aromatic nitrogens is 2. The van der Waals surface area contributed by atoms with Gasteiger partial charge in [0.15, 0.2) is 0 Å². The van der Waals surface area contributed by atoms with Gasteiger partial charge in [-0.25, -0.2) is 9.37 Å². The zero-order valence-corrected chi connectivity index (χ0v) is 13.9. The van der Waals surface area contributed by atoms with E-state index in [-0.39, 0.29) is 11.7 Å². The molecule has 122 valence electrons. The average molecular weight is 341 g/mol. The van der Waals surface area contributed by atoms with Crippen molar-refractivity contribution in [3.8, 4) is 0 Å². The van der Waals surface area contributed by atoms with E-state index in [0.29, 0.717) is 18.5 Å². The van der Waals surface area contributed by atoms with Crippen LogP contribution in [0.1, 0.15) is 31.5 Å². The largest absolute Gasteiger partial charge is 0.345 e. The van der Waals surface area contributed by atoms with E-state index in [1.807, 2.05) is 6.92 Å². The Balaban J connectivity index is 1.63. The first-order chi connectivity index (χ1) is 11.6. The molecule has 1 N–H and O–H groups in total. The molecule has 0 spiro atoms. The van der Waals surface area contributed by atoms with E-state index in [1.165, 1.54) is 18.3 Å². The van der Waals surface area contributed by atoms with E-state index in [2.05, 4.69) is 15.3 Å². The maximum atomic E-state index is 13.0. The van der Waals surface area contributed by atoms with Crippen LogP contribution in [0, 0.1) is 12.7 Å². The number of benzene rings is 1. The maximum absolute atomic E-state index is 13.0. The van der Waals surface area contributed by atoms with Crippen molar-refractivity contribution in [2.75, 3.05) is 0 Å². The summed E-state index contributed by atoms with van der Waals surface area (Å²) in [5, 5.41) is 3.70. The molecular formula is C18H16FN3OS. The lowest BCUT2D eigenvalue weighted by atomic mass is 10.1. The number of carbonyl (C=O) groups excluding carboxylic acids is 1. The predicted octanol–water partition coefficient (Wildman–Crippen LogP) is 3.51. The van der Waals surface area contributed by atoms with Crippen LogP contribution in [0.2, 0.25) is 0 Å². The molecule has 0 atom stereocenters. The highest BCUT2D eigenvalue weighted by Gasteiger charge is 2.11. The van der Waals surface area contributed by atoms with Crippen LogP contribution in [0.15, 0.2) is 48.8 Å². The molecule has 2 heterocycles. The van der Waals surface area contributed by atoms with E-state index in [9.17, 15) is 9.18 Å². The lowest BCUT2D eigenvalue weighted by Gasteiger charge is -2.02. The number of hydrogen-bond acceptors (Lipinski definition) is 4. The number of nitrogens with one attached hydrogen (secondary N) is 1. The average Bonchev–Trinajstić information content (AvgIpc) is 2.95. The quantitative estimate of drug-likeness (QED) is 0.773. The molecule has 0 radical (unpaired) electrons. The number of carbonyl (C=O) groups is 1. The summed E-state index contributed by atoms with van der Waals surface area (Å²) in [4.78, 5) is 21.6. The van der Waals surface area contributed by atoms with Crippen molar-refractivity contribution in [3.63, 3.8) is 0 Å². The van der Waals surface area contributed by atoms with Crippen LogP contribution >= 0.6 is 11.3 Å². The minimum Gasteiger partial charge on any atom is -0.345 e. The Morgan fingerprint density at radius 1 is 1.25 bits per heavy atom. The van der Waals surface area contributed by atoms with Crippen LogP contribution in [0.3, 0.4) is 0 Å². The van der Waals surface area contributed by atoms with Crippen molar-refractivity contribution >= 4 is 17.2 Å². The summed E-state index contributed by atoms with van der Waals surface area (Å²) in [6.45, 7) is 2.32. The molecule has 0 aliphatic carbocycles. The number of pyridine rings is 1. The van der Waals surface area contributed by atoms with E-state index in [1.54, 1.807) is 41.8 Å². The third kappa shape index (κ3) is 4.02. The molecule has 0 unspecified atom stereocenters. The Labute approximate surface area is 143 Å². The summed E-state index contributed by atoms with van der Waals surface area (Å²) in [5.41, 5.74) is 2.50. The zero-order chi connectivity index (χ0) is 16.9. The van der Waals surface area contributed by atoms with Gasteiger partial charge in [-0.05, 0) is 36.8 Å². The molecule has 1 aromatic carbocycles. The lowest BCUT2D eigenvalue weighted by molar-refractivity contribution is 0.0950. The van der Waals surface area contributed by atoms with Gasteiger partial charge in [0.05, 0.1) is 17.8 Å². The van der Waals surface area contributed by atoms with Crippen LogP contribution in [0.4, 0.5) is 4.39 Å². The third-order valence-corrected chi connectivity index (χ3v) is 4.70. The molecule has 0 bridgehead atoms. The molecule has 6 heteroatoms. The van der Waals surface area contributed by atoms with Crippen LogP contribution in [-0.2, 0) is 13.0 Å². The summed E-state index contributed by atoms with van der Waals surface area (Å²) >= 11 is 1.56. The minimum absolute atomic E-state index is 0.170. The smallest absolute Gasteiger partial charge is 0.253 e. The fraction of sp³-hybridized carbons (Fsp3) is 0.167. The summed E-state index contributed by atoms with van der Waals surface area (Å²) in [6.07, 6.45) is 3.87. The first kappa shape index (κ1) is 16.3. The number of aryl methyl sites for hydroxylation is 1. The normalized spacial score (nSPS) is 10.6. The van der Waals surface area contributed by atoms with Gasteiger partial charge < -0.3 is 5.32 Å². The summed E-state index contributed by atoms with van der Waals surface area (Å²) in [5.74, 6) is -0.408. The Morgan fingerprint density at radius 2 is 2.04 bits per heavy atom. The first-order valence-electron chi connectivity index (χ1n) is 7.49. The highest BCUT2D eigenvalue weighted by atomic mass is 32.1. The third-order valence-electron chi connectivity index (χ3n) is 3.54. The number of rotatable bonds is 5. The number of nitrogens with zero attached hydrogens (tertiary/aromatic N) is 2. The Hall–Kier alpha value is -2.60. The topological polar surface area (TPSA) is 54.9 Å². The molecule has 0 aliphatic heterocycles. The lowest BCUT2D eigenvalue weighted by Crippen LogP contribution is -2.22. The fourth-order valence-electron chi connectivity index (χ4n) is 2.27. The molecule has 0 fully saturated rings. The van der Waals surface area contributed by atoms with Gasteiger partial charge in [-0.15, -0.1) is 11.3 Å². The van der Waals surface area contributed by atoms with Gasteiger partial charge in [0.1, 0.15) is 10.8 Å². The van der Waals surface area contributed by atoms with Gasteiger partial charge in [-0.3, -0.25) is 9.78 Å². The Kier molecular flexibility index (Phi) is 4.96. The summed E-state index contributed by atoms with van der Waals surface area (Å²) in [6, 6.07) is 9.91. The maximum Gasteiger partial charge on any atom is 0.253 e. The second-order valence-corrected chi connectivity index (χ2v) is 6.51. The number of thiazole rings is 1. The number of amides is 1. The van der Waals surface area contributed by atoms with Gasteiger partial charge in [0.2, 0.25) is 0 Å². The van der Waals surface area contributed by atoms with Crippen molar-refractivity contribution in [1.82, 2.24) is 15.3 Å². The molecule has 0 aliphatic rings. The highest BCUT2D eigenvalue weighted by Crippen LogP contribution is 2.21. The van der Waals surface area contributed by atoms with Crippen LogP contribution in [0.25, 0.3) is 0 Å². The van der Waals surface area contributed by atoms with Gasteiger partial charge >= 0.3 is 0 Å². The monoisotopic (exact) mass is 341 g/mol. The van der Waals surface area contributed by atoms with E-state index >= 15 is 0 Å². The van der Waals surface area contributed by atoms with Gasteiger partial charge in [-0.2, -0.15) is 0 Å². The molecule has 2 aromatic heterocycles. The Bertz CT molecular complexity index is 831. The van der Waals surface area contributed by atoms with Gasteiger partial charge in [0.25, 0.3) is 5.91 Å². The zero-order valence-electron chi connectivity index (χ0n) is 13.1. The second kappa shape index (κ2) is 7.31.